The number of aromatic nitrogens is 1. The van der Waals surface area contributed by atoms with Gasteiger partial charge in [-0.1, -0.05) is 36.7 Å². The number of rotatable bonds is 6. The number of nitrogens with zero attached hydrogens (tertiary/aromatic N) is 2. The van der Waals surface area contributed by atoms with Gasteiger partial charge in [0.2, 0.25) is 0 Å². The van der Waals surface area contributed by atoms with Gasteiger partial charge in [0.05, 0.1) is 6.04 Å². The van der Waals surface area contributed by atoms with Gasteiger partial charge in [-0.05, 0) is 31.0 Å². The van der Waals surface area contributed by atoms with E-state index in [-0.39, 0.29) is 6.04 Å². The lowest BCUT2D eigenvalue weighted by Gasteiger charge is -2.28. The summed E-state index contributed by atoms with van der Waals surface area (Å²) >= 11 is 6.30. The molecule has 1 aromatic heterocycles. The molecule has 1 atom stereocenters. The highest BCUT2D eigenvalue weighted by Gasteiger charge is 2.15. The second kappa shape index (κ2) is 7.32. The van der Waals surface area contributed by atoms with Crippen molar-refractivity contribution in [3.63, 3.8) is 0 Å². The molecule has 2 rings (SSSR count). The molecule has 3 nitrogen and oxygen atoms in total. The van der Waals surface area contributed by atoms with Gasteiger partial charge in [-0.15, -0.1) is 0 Å². The summed E-state index contributed by atoms with van der Waals surface area (Å²) in [4.78, 5) is 6.55. The van der Waals surface area contributed by atoms with Gasteiger partial charge in [-0.25, -0.2) is 4.98 Å². The first-order chi connectivity index (χ1) is 10.1. The van der Waals surface area contributed by atoms with Crippen LogP contribution < -0.4 is 10.2 Å². The highest BCUT2D eigenvalue weighted by Crippen LogP contribution is 2.30. The molecule has 0 saturated carbocycles. The van der Waals surface area contributed by atoms with Crippen LogP contribution in [-0.2, 0) is 0 Å². The largest absolute Gasteiger partial charge is 0.370 e. The number of pyridine rings is 1. The molecule has 1 N–H and O–H groups in total. The zero-order chi connectivity index (χ0) is 15.2. The Kier molecular flexibility index (Phi) is 5.45. The van der Waals surface area contributed by atoms with Gasteiger partial charge >= 0.3 is 0 Å². The lowest BCUT2D eigenvalue weighted by molar-refractivity contribution is 0.739. The minimum Gasteiger partial charge on any atom is -0.370 e. The Balaban J connectivity index is 2.19. The summed E-state index contributed by atoms with van der Waals surface area (Å²) in [6, 6.07) is 12.3. The molecule has 112 valence electrons. The van der Waals surface area contributed by atoms with E-state index in [1.165, 1.54) is 0 Å². The van der Waals surface area contributed by atoms with Crippen LogP contribution in [0, 0.1) is 0 Å². The van der Waals surface area contributed by atoms with E-state index in [0.29, 0.717) is 0 Å². The number of benzene rings is 1. The molecule has 0 spiro atoms. The fourth-order valence-electron chi connectivity index (χ4n) is 2.23. The van der Waals surface area contributed by atoms with E-state index in [0.717, 1.165) is 35.1 Å². The minimum absolute atomic E-state index is 0.195. The van der Waals surface area contributed by atoms with Crippen LogP contribution in [0.5, 0.6) is 0 Å². The van der Waals surface area contributed by atoms with Crippen LogP contribution in [-0.4, -0.2) is 18.6 Å². The topological polar surface area (TPSA) is 28.2 Å². The van der Waals surface area contributed by atoms with E-state index < -0.39 is 0 Å². The molecule has 0 fully saturated rings. The van der Waals surface area contributed by atoms with Crippen LogP contribution >= 0.6 is 11.6 Å². The molecule has 1 heterocycles. The maximum atomic E-state index is 6.30. The van der Waals surface area contributed by atoms with Crippen LogP contribution in [0.25, 0.3) is 0 Å². The molecule has 4 heteroatoms. The smallest absolute Gasteiger partial charge is 0.127 e. The average molecular weight is 304 g/mol. The summed E-state index contributed by atoms with van der Waals surface area (Å²) in [5, 5.41) is 4.12. The highest BCUT2D eigenvalue weighted by atomic mass is 35.5. The van der Waals surface area contributed by atoms with Gasteiger partial charge in [0.1, 0.15) is 5.82 Å². The number of hydrogen-bond acceptors (Lipinski definition) is 3. The van der Waals surface area contributed by atoms with Crippen molar-refractivity contribution in [2.75, 3.05) is 23.8 Å². The molecule has 21 heavy (non-hydrogen) atoms. The second-order valence-electron chi connectivity index (χ2n) is 5.13. The molecular formula is C17H22ClN3. The van der Waals surface area contributed by atoms with Gasteiger partial charge in [-0.2, -0.15) is 0 Å². The van der Waals surface area contributed by atoms with Crippen molar-refractivity contribution >= 4 is 23.1 Å². The Morgan fingerprint density at radius 3 is 2.76 bits per heavy atom. The molecule has 0 aliphatic rings. The summed E-state index contributed by atoms with van der Waals surface area (Å²) in [6.45, 7) is 5.23. The van der Waals surface area contributed by atoms with Gasteiger partial charge in [-0.3, -0.25) is 0 Å². The standard InChI is InChI=1S/C17H22ClN3/c1-4-10-19-17-12-14(9-11-20-17)21(3)13(2)15-7-5-6-8-16(15)18/h5-9,11-13H,4,10H2,1-3H3,(H,19,20). The van der Waals surface area contributed by atoms with Crippen molar-refractivity contribution in [3.05, 3.63) is 53.2 Å². The predicted molar refractivity (Wildman–Crippen MR) is 91.3 cm³/mol. The lowest BCUT2D eigenvalue weighted by atomic mass is 10.1. The van der Waals surface area contributed by atoms with Gasteiger partial charge in [0.25, 0.3) is 0 Å². The number of nitrogens with one attached hydrogen (secondary N) is 1. The van der Waals surface area contributed by atoms with Crippen LogP contribution in [0.1, 0.15) is 31.9 Å². The Hall–Kier alpha value is -1.74. The van der Waals surface area contributed by atoms with Crippen molar-refractivity contribution in [2.24, 2.45) is 0 Å². The monoisotopic (exact) mass is 303 g/mol. The average Bonchev–Trinajstić information content (AvgIpc) is 2.52. The summed E-state index contributed by atoms with van der Waals surface area (Å²) < 4.78 is 0. The maximum Gasteiger partial charge on any atom is 0.127 e. The van der Waals surface area contributed by atoms with E-state index in [1.54, 1.807) is 0 Å². The zero-order valence-electron chi connectivity index (χ0n) is 12.8. The molecule has 0 radical (unpaired) electrons. The van der Waals surface area contributed by atoms with Gasteiger partial charge in [0, 0.05) is 36.6 Å². The maximum absolute atomic E-state index is 6.30. The first-order valence-corrected chi connectivity index (χ1v) is 7.68. The first kappa shape index (κ1) is 15.6. The van der Waals surface area contributed by atoms with E-state index in [2.05, 4.69) is 48.2 Å². The molecule has 0 aliphatic carbocycles. The fraction of sp³-hybridized carbons (Fsp3) is 0.353. The SMILES string of the molecule is CCCNc1cc(N(C)C(C)c2ccccc2Cl)ccn1. The quantitative estimate of drug-likeness (QED) is 0.834. The Morgan fingerprint density at radius 1 is 1.29 bits per heavy atom. The van der Waals surface area contributed by atoms with Crippen LogP contribution in [0.15, 0.2) is 42.6 Å². The Bertz CT molecular complexity index is 586. The predicted octanol–water partition coefficient (Wildman–Crippen LogP) is 4.75. The van der Waals surface area contributed by atoms with Crippen LogP contribution in [0.2, 0.25) is 5.02 Å². The van der Waals surface area contributed by atoms with Gasteiger partial charge in [0.15, 0.2) is 0 Å². The van der Waals surface area contributed by atoms with Crippen LogP contribution in [0.3, 0.4) is 0 Å². The molecular weight excluding hydrogens is 282 g/mol. The second-order valence-corrected chi connectivity index (χ2v) is 5.54. The molecule has 0 amide bonds. The first-order valence-electron chi connectivity index (χ1n) is 7.30. The summed E-state index contributed by atoms with van der Waals surface area (Å²) in [5.74, 6) is 0.910. The fourth-order valence-corrected chi connectivity index (χ4v) is 2.53. The number of hydrogen-bond donors (Lipinski definition) is 1. The molecule has 2 aromatic rings. The van der Waals surface area contributed by atoms with Crippen molar-refractivity contribution in [1.29, 1.82) is 0 Å². The third-order valence-corrected chi connectivity index (χ3v) is 3.99. The van der Waals surface area contributed by atoms with Crippen molar-refractivity contribution < 1.29 is 0 Å². The highest BCUT2D eigenvalue weighted by molar-refractivity contribution is 6.31. The van der Waals surface area contributed by atoms with Crippen molar-refractivity contribution in [3.8, 4) is 0 Å². The number of anilines is 2. The molecule has 0 saturated heterocycles. The zero-order valence-corrected chi connectivity index (χ0v) is 13.6. The lowest BCUT2D eigenvalue weighted by Crippen LogP contribution is -2.22. The summed E-state index contributed by atoms with van der Waals surface area (Å²) in [5.41, 5.74) is 2.25. The third kappa shape index (κ3) is 3.88. The normalized spacial score (nSPS) is 12.0. The Morgan fingerprint density at radius 2 is 2.05 bits per heavy atom. The van der Waals surface area contributed by atoms with Crippen LogP contribution in [0.4, 0.5) is 11.5 Å². The molecule has 0 bridgehead atoms. The Labute approximate surface area is 132 Å². The third-order valence-electron chi connectivity index (χ3n) is 3.64. The van der Waals surface area contributed by atoms with E-state index in [9.17, 15) is 0 Å². The molecule has 1 aromatic carbocycles. The van der Waals surface area contributed by atoms with E-state index >= 15 is 0 Å². The van der Waals surface area contributed by atoms with Crippen molar-refractivity contribution in [2.45, 2.75) is 26.3 Å². The van der Waals surface area contributed by atoms with Crippen molar-refractivity contribution in [1.82, 2.24) is 4.98 Å². The minimum atomic E-state index is 0.195. The molecule has 0 aliphatic heterocycles. The van der Waals surface area contributed by atoms with Gasteiger partial charge < -0.3 is 10.2 Å². The van der Waals surface area contributed by atoms with E-state index in [1.807, 2.05) is 30.5 Å². The summed E-state index contributed by atoms with van der Waals surface area (Å²) in [7, 11) is 2.08. The summed E-state index contributed by atoms with van der Waals surface area (Å²) in [6.07, 6.45) is 2.92. The number of halogens is 1. The van der Waals surface area contributed by atoms with E-state index in [4.69, 9.17) is 11.6 Å². The molecule has 1 unspecified atom stereocenters.